The fraction of sp³-hybridized carbons (Fsp3) is 0.375. The summed E-state index contributed by atoms with van der Waals surface area (Å²) in [7, 11) is -1.01. The van der Waals surface area contributed by atoms with Crippen molar-refractivity contribution in [3.05, 3.63) is 52.5 Å². The molecule has 2 aliphatic rings. The molecule has 2 atom stereocenters. The zero-order valence-corrected chi connectivity index (χ0v) is 11.9. The maximum atomic E-state index is 12.7. The fourth-order valence-electron chi connectivity index (χ4n) is 3.32. The van der Waals surface area contributed by atoms with Gasteiger partial charge in [-0.25, -0.2) is 4.21 Å². The molecule has 2 unspecified atom stereocenters. The molecular weight excluding hydrogens is 240 g/mol. The van der Waals surface area contributed by atoms with E-state index in [9.17, 15) is 4.21 Å². The van der Waals surface area contributed by atoms with Crippen LogP contribution >= 0.6 is 0 Å². The number of hydrogen-bond acceptors (Lipinski definition) is 1. The summed E-state index contributed by atoms with van der Waals surface area (Å²) in [6.07, 6.45) is 5.29. The minimum atomic E-state index is -1.01. The maximum Gasteiger partial charge on any atom is 0.0852 e. The Morgan fingerprint density at radius 2 is 2.00 bits per heavy atom. The van der Waals surface area contributed by atoms with Crippen molar-refractivity contribution in [3.63, 3.8) is 0 Å². The highest BCUT2D eigenvalue weighted by molar-refractivity contribution is 7.89. The SMILES string of the molecule is CC1CC=CC2=C1C(C)(C)c1ccccc1S2=O. The van der Waals surface area contributed by atoms with Crippen LogP contribution in [0.25, 0.3) is 0 Å². The Morgan fingerprint density at radius 3 is 2.78 bits per heavy atom. The van der Waals surface area contributed by atoms with Crippen LogP contribution in [0.5, 0.6) is 0 Å². The van der Waals surface area contributed by atoms with Crippen molar-refractivity contribution in [2.75, 3.05) is 0 Å². The molecular formula is C16H18OS. The lowest BCUT2D eigenvalue weighted by Crippen LogP contribution is -2.32. The van der Waals surface area contributed by atoms with E-state index >= 15 is 0 Å². The monoisotopic (exact) mass is 258 g/mol. The molecule has 1 aliphatic heterocycles. The van der Waals surface area contributed by atoms with E-state index < -0.39 is 10.8 Å². The Hall–Kier alpha value is -1.15. The van der Waals surface area contributed by atoms with Gasteiger partial charge >= 0.3 is 0 Å². The van der Waals surface area contributed by atoms with Crippen LogP contribution in [-0.4, -0.2) is 4.21 Å². The van der Waals surface area contributed by atoms with Crippen LogP contribution in [0.2, 0.25) is 0 Å². The van der Waals surface area contributed by atoms with Gasteiger partial charge in [-0.3, -0.25) is 0 Å². The van der Waals surface area contributed by atoms with Crippen LogP contribution < -0.4 is 0 Å². The molecule has 3 rings (SSSR count). The smallest absolute Gasteiger partial charge is 0.0852 e. The molecule has 1 nitrogen and oxygen atoms in total. The zero-order chi connectivity index (χ0) is 12.9. The zero-order valence-electron chi connectivity index (χ0n) is 11.1. The van der Waals surface area contributed by atoms with E-state index in [0.717, 1.165) is 16.2 Å². The van der Waals surface area contributed by atoms with Gasteiger partial charge in [-0.1, -0.05) is 45.0 Å². The van der Waals surface area contributed by atoms with E-state index in [2.05, 4.69) is 39.0 Å². The second-order valence-electron chi connectivity index (χ2n) is 5.71. The number of allylic oxidation sites excluding steroid dienone is 3. The van der Waals surface area contributed by atoms with Crippen molar-refractivity contribution in [2.45, 2.75) is 37.5 Å². The molecule has 0 radical (unpaired) electrons. The topological polar surface area (TPSA) is 17.1 Å². The molecule has 0 aromatic heterocycles. The molecule has 0 saturated heterocycles. The first kappa shape index (κ1) is 11.9. The molecule has 2 heteroatoms. The van der Waals surface area contributed by atoms with Gasteiger partial charge in [0.1, 0.15) is 0 Å². The molecule has 1 aromatic rings. The maximum absolute atomic E-state index is 12.7. The largest absolute Gasteiger partial charge is 0.249 e. The van der Waals surface area contributed by atoms with Crippen LogP contribution in [-0.2, 0) is 16.2 Å². The minimum Gasteiger partial charge on any atom is -0.249 e. The third kappa shape index (κ3) is 1.48. The van der Waals surface area contributed by atoms with Crippen molar-refractivity contribution in [1.82, 2.24) is 0 Å². The normalized spacial score (nSPS) is 28.8. The van der Waals surface area contributed by atoms with Gasteiger partial charge in [0.05, 0.1) is 10.8 Å². The van der Waals surface area contributed by atoms with Gasteiger partial charge in [0.15, 0.2) is 0 Å². The lowest BCUT2D eigenvalue weighted by atomic mass is 9.70. The summed E-state index contributed by atoms with van der Waals surface area (Å²) in [6.45, 7) is 6.76. The van der Waals surface area contributed by atoms with E-state index in [-0.39, 0.29) is 5.41 Å². The standard InChI is InChI=1S/C16H18OS/c1-11-7-6-10-14-15(11)16(2,3)12-8-4-5-9-13(12)18(14)17/h4-6,8-11H,7H2,1-3H3. The average molecular weight is 258 g/mol. The van der Waals surface area contributed by atoms with Crippen LogP contribution in [0, 0.1) is 5.92 Å². The van der Waals surface area contributed by atoms with E-state index in [1.165, 1.54) is 11.1 Å². The van der Waals surface area contributed by atoms with Gasteiger partial charge in [-0.05, 0) is 35.6 Å². The Balaban J connectivity index is 2.32. The predicted octanol–water partition coefficient (Wildman–Crippen LogP) is 3.94. The van der Waals surface area contributed by atoms with E-state index in [1.54, 1.807) is 0 Å². The predicted molar refractivity (Wildman–Crippen MR) is 75.8 cm³/mol. The first-order valence-electron chi connectivity index (χ1n) is 6.46. The first-order chi connectivity index (χ1) is 8.53. The highest BCUT2D eigenvalue weighted by Gasteiger charge is 2.40. The van der Waals surface area contributed by atoms with Crippen molar-refractivity contribution in [1.29, 1.82) is 0 Å². The van der Waals surface area contributed by atoms with Crippen molar-refractivity contribution < 1.29 is 4.21 Å². The quantitative estimate of drug-likeness (QED) is 0.689. The van der Waals surface area contributed by atoms with Gasteiger partial charge in [0.2, 0.25) is 0 Å². The molecule has 0 bridgehead atoms. The van der Waals surface area contributed by atoms with Crippen molar-refractivity contribution >= 4 is 10.8 Å². The lowest BCUT2D eigenvalue weighted by Gasteiger charge is -2.40. The second-order valence-corrected chi connectivity index (χ2v) is 7.12. The summed E-state index contributed by atoms with van der Waals surface area (Å²) in [5.74, 6) is 0.484. The van der Waals surface area contributed by atoms with Crippen molar-refractivity contribution in [3.8, 4) is 0 Å². The van der Waals surface area contributed by atoms with Gasteiger partial charge in [0.25, 0.3) is 0 Å². The summed E-state index contributed by atoms with van der Waals surface area (Å²) in [5, 5.41) is 0. The molecule has 1 aliphatic carbocycles. The molecule has 0 spiro atoms. The highest BCUT2D eigenvalue weighted by atomic mass is 32.2. The summed E-state index contributed by atoms with van der Waals surface area (Å²) in [5.41, 5.74) is 2.58. The first-order valence-corrected chi connectivity index (χ1v) is 7.61. The number of rotatable bonds is 0. The lowest BCUT2D eigenvalue weighted by molar-refractivity contribution is 0.500. The third-order valence-electron chi connectivity index (χ3n) is 4.15. The molecule has 0 fully saturated rings. The van der Waals surface area contributed by atoms with Crippen LogP contribution in [0.4, 0.5) is 0 Å². The van der Waals surface area contributed by atoms with Crippen molar-refractivity contribution in [2.24, 2.45) is 5.92 Å². The highest BCUT2D eigenvalue weighted by Crippen LogP contribution is 2.48. The number of fused-ring (bicyclic) bond motifs is 1. The van der Waals surface area contributed by atoms with Crippen LogP contribution in [0.3, 0.4) is 0 Å². The van der Waals surface area contributed by atoms with Crippen LogP contribution in [0.1, 0.15) is 32.8 Å². The van der Waals surface area contributed by atoms with E-state index in [1.807, 2.05) is 18.2 Å². The summed E-state index contributed by atoms with van der Waals surface area (Å²) in [4.78, 5) is 2.03. The van der Waals surface area contributed by atoms with E-state index in [4.69, 9.17) is 0 Å². The Bertz CT molecular complexity index is 593. The Morgan fingerprint density at radius 1 is 1.28 bits per heavy atom. The average Bonchev–Trinajstić information content (AvgIpc) is 2.36. The second kappa shape index (κ2) is 3.92. The summed E-state index contributed by atoms with van der Waals surface area (Å²) < 4.78 is 12.7. The molecule has 1 aromatic carbocycles. The molecule has 0 saturated carbocycles. The number of benzene rings is 1. The van der Waals surface area contributed by atoms with Gasteiger partial charge in [-0.2, -0.15) is 0 Å². The molecule has 18 heavy (non-hydrogen) atoms. The Labute approximate surface area is 111 Å². The summed E-state index contributed by atoms with van der Waals surface area (Å²) in [6, 6.07) is 8.16. The van der Waals surface area contributed by atoms with Gasteiger partial charge < -0.3 is 0 Å². The molecule has 0 N–H and O–H groups in total. The third-order valence-corrected chi connectivity index (χ3v) is 5.66. The minimum absolute atomic E-state index is 0.00991. The Kier molecular flexibility index (Phi) is 2.60. The molecule has 0 amide bonds. The van der Waals surface area contributed by atoms with E-state index in [0.29, 0.717) is 5.92 Å². The van der Waals surface area contributed by atoms with Gasteiger partial charge in [0, 0.05) is 15.2 Å². The van der Waals surface area contributed by atoms with Gasteiger partial charge in [-0.15, -0.1) is 0 Å². The molecule has 94 valence electrons. The number of hydrogen-bond donors (Lipinski definition) is 0. The summed E-state index contributed by atoms with van der Waals surface area (Å²) >= 11 is 0. The van der Waals surface area contributed by atoms with Crippen LogP contribution in [0.15, 0.2) is 51.8 Å². The molecule has 1 heterocycles. The fourth-order valence-corrected chi connectivity index (χ4v) is 5.16.